The number of benzene rings is 1. The highest BCUT2D eigenvalue weighted by Gasteiger charge is 2.31. The summed E-state index contributed by atoms with van der Waals surface area (Å²) in [5.74, 6) is -6.53. The molecule has 0 aliphatic rings. The fourth-order valence-corrected chi connectivity index (χ4v) is 3.47. The van der Waals surface area contributed by atoms with Crippen molar-refractivity contribution in [1.82, 2.24) is 16.0 Å². The van der Waals surface area contributed by atoms with E-state index in [4.69, 9.17) is 28.0 Å². The van der Waals surface area contributed by atoms with E-state index in [2.05, 4.69) is 20.9 Å². The molecule has 0 aromatic heterocycles. The van der Waals surface area contributed by atoms with Crippen LogP contribution in [0.5, 0.6) is 0 Å². The van der Waals surface area contributed by atoms with Gasteiger partial charge in [0.1, 0.15) is 18.1 Å². The number of nitrogens with zero attached hydrogens (tertiary/aromatic N) is 1. The van der Waals surface area contributed by atoms with Crippen LogP contribution in [-0.2, 0) is 35.2 Å². The van der Waals surface area contributed by atoms with E-state index >= 15 is 0 Å². The van der Waals surface area contributed by atoms with Gasteiger partial charge >= 0.3 is 11.9 Å². The molecule has 0 saturated heterocycles. The molecule has 13 N–H and O–H groups in total. The van der Waals surface area contributed by atoms with Crippen molar-refractivity contribution in [2.45, 2.75) is 62.7 Å². The predicted molar refractivity (Wildman–Crippen MR) is 142 cm³/mol. The van der Waals surface area contributed by atoms with E-state index in [0.29, 0.717) is 12.0 Å². The van der Waals surface area contributed by atoms with Crippen molar-refractivity contribution >= 4 is 41.5 Å². The number of carboxylic acid groups (broad SMARTS) is 2. The first kappa shape index (κ1) is 33.3. The predicted octanol–water partition coefficient (Wildman–Crippen LogP) is -3.11. The molecule has 0 heterocycles. The summed E-state index contributed by atoms with van der Waals surface area (Å²) >= 11 is 0. The number of hydrogen-bond acceptors (Lipinski definition) is 8. The zero-order chi connectivity index (χ0) is 30.2. The van der Waals surface area contributed by atoms with Crippen LogP contribution >= 0.6 is 0 Å². The van der Waals surface area contributed by atoms with E-state index in [1.54, 1.807) is 30.3 Å². The van der Waals surface area contributed by atoms with E-state index < -0.39 is 72.6 Å². The number of guanidine groups is 1. The lowest BCUT2D eigenvalue weighted by Gasteiger charge is -2.24. The summed E-state index contributed by atoms with van der Waals surface area (Å²) < 4.78 is 0. The second-order valence-corrected chi connectivity index (χ2v) is 8.87. The van der Waals surface area contributed by atoms with E-state index in [0.717, 1.165) is 0 Å². The summed E-state index contributed by atoms with van der Waals surface area (Å²) in [6.07, 6.45) is -1.20. The van der Waals surface area contributed by atoms with Crippen LogP contribution in [0.2, 0.25) is 0 Å². The van der Waals surface area contributed by atoms with Gasteiger partial charge in [0.15, 0.2) is 5.96 Å². The maximum absolute atomic E-state index is 13.0. The lowest BCUT2D eigenvalue weighted by Crippen LogP contribution is -2.58. The number of nitrogens with one attached hydrogen (secondary N) is 3. The molecule has 0 fully saturated rings. The normalized spacial score (nSPS) is 13.5. The molecule has 1 aromatic carbocycles. The first-order valence-corrected chi connectivity index (χ1v) is 12.3. The largest absolute Gasteiger partial charge is 0.481 e. The minimum Gasteiger partial charge on any atom is -0.481 e. The van der Waals surface area contributed by atoms with Crippen molar-refractivity contribution in [3.63, 3.8) is 0 Å². The number of nitrogens with two attached hydrogens (primary N) is 4. The van der Waals surface area contributed by atoms with Crippen LogP contribution in [0.3, 0.4) is 0 Å². The Morgan fingerprint density at radius 3 is 1.93 bits per heavy atom. The molecule has 0 aliphatic carbocycles. The van der Waals surface area contributed by atoms with Crippen LogP contribution in [0.1, 0.15) is 37.7 Å². The quantitative estimate of drug-likeness (QED) is 0.0488. The smallest absolute Gasteiger partial charge is 0.326 e. The van der Waals surface area contributed by atoms with Gasteiger partial charge in [-0.15, -0.1) is 0 Å². The molecule has 0 saturated carbocycles. The van der Waals surface area contributed by atoms with Crippen LogP contribution in [-0.4, -0.2) is 82.5 Å². The van der Waals surface area contributed by atoms with Gasteiger partial charge in [-0.3, -0.25) is 29.0 Å². The standard InChI is InChI=1S/C24H36N8O8/c25-14(7-4-10-29-24(27)28)20(36)30-15(8-9-19(34)35)21(37)31-16(12-18(26)33)22(38)32-17(23(39)40)11-13-5-2-1-3-6-13/h1-3,5-6,14-17H,4,7-12,25H2,(H2,26,33)(H,30,36)(H,31,37)(H,32,38)(H,34,35)(H,39,40)(H4,27,28,29). The average Bonchev–Trinajstić information content (AvgIpc) is 2.87. The van der Waals surface area contributed by atoms with Crippen LogP contribution in [0.4, 0.5) is 0 Å². The van der Waals surface area contributed by atoms with E-state index in [9.17, 15) is 33.9 Å². The maximum Gasteiger partial charge on any atom is 0.326 e. The van der Waals surface area contributed by atoms with Gasteiger partial charge in [-0.1, -0.05) is 30.3 Å². The van der Waals surface area contributed by atoms with Crippen molar-refractivity contribution < 1.29 is 39.0 Å². The molecule has 0 bridgehead atoms. The van der Waals surface area contributed by atoms with Crippen molar-refractivity contribution in [2.24, 2.45) is 27.9 Å². The number of hydrogen-bond donors (Lipinski definition) is 9. The average molecular weight is 565 g/mol. The summed E-state index contributed by atoms with van der Waals surface area (Å²) in [5.41, 5.74) is 22.1. The van der Waals surface area contributed by atoms with Crippen LogP contribution in [0.25, 0.3) is 0 Å². The van der Waals surface area contributed by atoms with Gasteiger partial charge in [0, 0.05) is 19.4 Å². The molecule has 16 nitrogen and oxygen atoms in total. The molecule has 0 aliphatic heterocycles. The molecule has 0 radical (unpaired) electrons. The highest BCUT2D eigenvalue weighted by molar-refractivity contribution is 5.96. The fourth-order valence-electron chi connectivity index (χ4n) is 3.47. The molecule has 4 amide bonds. The summed E-state index contributed by atoms with van der Waals surface area (Å²) in [7, 11) is 0. The van der Waals surface area contributed by atoms with Crippen molar-refractivity contribution in [1.29, 1.82) is 0 Å². The summed E-state index contributed by atoms with van der Waals surface area (Å²) in [5, 5.41) is 25.5. The highest BCUT2D eigenvalue weighted by atomic mass is 16.4. The molecule has 1 aromatic rings. The van der Waals surface area contributed by atoms with Gasteiger partial charge in [0.25, 0.3) is 0 Å². The number of aliphatic imine (C=N–C) groups is 1. The van der Waals surface area contributed by atoms with Gasteiger partial charge < -0.3 is 49.1 Å². The number of primary amides is 1. The van der Waals surface area contributed by atoms with Crippen LogP contribution < -0.4 is 38.9 Å². The topological polar surface area (TPSA) is 295 Å². The Morgan fingerprint density at radius 1 is 0.800 bits per heavy atom. The first-order valence-electron chi connectivity index (χ1n) is 12.3. The molecular weight excluding hydrogens is 528 g/mol. The molecule has 4 unspecified atom stereocenters. The molecule has 40 heavy (non-hydrogen) atoms. The van der Waals surface area contributed by atoms with Crippen molar-refractivity contribution in [3.8, 4) is 0 Å². The lowest BCUT2D eigenvalue weighted by molar-refractivity contribution is -0.142. The maximum atomic E-state index is 13.0. The number of amides is 4. The number of carbonyl (C=O) groups excluding carboxylic acids is 4. The summed E-state index contributed by atoms with van der Waals surface area (Å²) in [6.45, 7) is 0.206. The summed E-state index contributed by atoms with van der Waals surface area (Å²) in [4.78, 5) is 76.7. The third-order valence-corrected chi connectivity index (χ3v) is 5.52. The molecular formula is C24H36N8O8. The molecule has 16 heteroatoms. The zero-order valence-electron chi connectivity index (χ0n) is 21.7. The molecule has 1 rings (SSSR count). The molecule has 4 atom stereocenters. The molecule has 0 spiro atoms. The first-order chi connectivity index (χ1) is 18.8. The number of rotatable bonds is 18. The Labute approximate surface area is 229 Å². The second kappa shape index (κ2) is 17.0. The van der Waals surface area contributed by atoms with Crippen molar-refractivity contribution in [2.75, 3.05) is 6.54 Å². The SMILES string of the molecule is NC(=O)CC(NC(=O)C(CCC(=O)O)NC(=O)C(N)CCCN=C(N)N)C(=O)NC(Cc1ccccc1)C(=O)O. The second-order valence-electron chi connectivity index (χ2n) is 8.87. The van der Waals surface area contributed by atoms with Crippen molar-refractivity contribution in [3.05, 3.63) is 35.9 Å². The Bertz CT molecular complexity index is 1080. The van der Waals surface area contributed by atoms with Crippen LogP contribution in [0, 0.1) is 0 Å². The minimum absolute atomic E-state index is 0.0858. The zero-order valence-corrected chi connectivity index (χ0v) is 21.7. The fraction of sp³-hybridized carbons (Fsp3) is 0.458. The Kier molecular flexibility index (Phi) is 14.1. The van der Waals surface area contributed by atoms with E-state index in [1.807, 2.05) is 0 Å². The number of aliphatic carboxylic acids is 2. The van der Waals surface area contributed by atoms with E-state index in [-0.39, 0.29) is 31.8 Å². The highest BCUT2D eigenvalue weighted by Crippen LogP contribution is 2.06. The van der Waals surface area contributed by atoms with Gasteiger partial charge in [-0.2, -0.15) is 0 Å². The van der Waals surface area contributed by atoms with Gasteiger partial charge in [-0.05, 0) is 24.8 Å². The Hall–Kier alpha value is -4.73. The summed E-state index contributed by atoms with van der Waals surface area (Å²) in [6, 6.07) is 2.87. The number of carbonyl (C=O) groups is 6. The number of carboxylic acids is 2. The monoisotopic (exact) mass is 564 g/mol. The third-order valence-electron chi connectivity index (χ3n) is 5.52. The van der Waals surface area contributed by atoms with Gasteiger partial charge in [-0.25, -0.2) is 4.79 Å². The van der Waals surface area contributed by atoms with Gasteiger partial charge in [0.2, 0.25) is 23.6 Å². The third kappa shape index (κ3) is 13.2. The van der Waals surface area contributed by atoms with Crippen LogP contribution in [0.15, 0.2) is 35.3 Å². The Morgan fingerprint density at radius 2 is 1.38 bits per heavy atom. The lowest BCUT2D eigenvalue weighted by atomic mass is 10.0. The Balaban J connectivity index is 2.98. The molecule has 220 valence electrons. The minimum atomic E-state index is -1.61. The van der Waals surface area contributed by atoms with Gasteiger partial charge in [0.05, 0.1) is 12.5 Å². The van der Waals surface area contributed by atoms with E-state index in [1.165, 1.54) is 0 Å².